The summed E-state index contributed by atoms with van der Waals surface area (Å²) in [7, 11) is 1.97. The molecule has 3 aromatic heterocycles. The maximum Gasteiger partial charge on any atom is 0.234 e. The summed E-state index contributed by atoms with van der Waals surface area (Å²) in [5, 5.41) is 4.47. The molecule has 0 amide bonds. The average Bonchev–Trinajstić information content (AvgIpc) is 3.38. The molecule has 0 saturated carbocycles. The van der Waals surface area contributed by atoms with Crippen molar-refractivity contribution in [2.24, 2.45) is 0 Å². The van der Waals surface area contributed by atoms with Gasteiger partial charge in [-0.3, -0.25) is 9.78 Å². The number of pyridine rings is 2. The maximum atomic E-state index is 11.5. The van der Waals surface area contributed by atoms with Crippen molar-refractivity contribution in [3.8, 4) is 11.3 Å². The summed E-state index contributed by atoms with van der Waals surface area (Å²) in [6, 6.07) is 7.94. The minimum atomic E-state index is 0.551. The number of carbonyl (C=O) groups is 1. The highest BCUT2D eigenvalue weighted by Gasteiger charge is 2.17. The number of nitrogens with zero attached hydrogens (tertiary/aromatic N) is 6. The minimum absolute atomic E-state index is 0.551. The summed E-state index contributed by atoms with van der Waals surface area (Å²) in [6.45, 7) is 4.77. The number of hydrogen-bond donors (Lipinski definition) is 0. The van der Waals surface area contributed by atoms with Gasteiger partial charge < -0.3 is 9.80 Å². The lowest BCUT2D eigenvalue weighted by molar-refractivity contribution is 0.537. The molecule has 28 heavy (non-hydrogen) atoms. The van der Waals surface area contributed by atoms with Crippen molar-refractivity contribution in [3.63, 3.8) is 0 Å². The number of anilines is 2. The van der Waals surface area contributed by atoms with Crippen LogP contribution < -0.4 is 9.80 Å². The summed E-state index contributed by atoms with van der Waals surface area (Å²) >= 11 is 0. The molecule has 7 heteroatoms. The van der Waals surface area contributed by atoms with E-state index >= 15 is 0 Å². The Labute approximate surface area is 164 Å². The first-order valence-electron chi connectivity index (χ1n) is 9.52. The fraction of sp³-hybridized carbons (Fsp3) is 0.333. The van der Waals surface area contributed by atoms with Crippen LogP contribution in [0.15, 0.2) is 42.9 Å². The molecule has 0 radical (unpaired) electrons. The van der Waals surface area contributed by atoms with Crippen LogP contribution in [0.2, 0.25) is 0 Å². The second-order valence-corrected chi connectivity index (χ2v) is 7.20. The minimum Gasteiger partial charge on any atom is -0.367 e. The van der Waals surface area contributed by atoms with Gasteiger partial charge in [0.2, 0.25) is 6.41 Å². The van der Waals surface area contributed by atoms with Crippen molar-refractivity contribution in [1.29, 1.82) is 0 Å². The van der Waals surface area contributed by atoms with E-state index in [9.17, 15) is 4.79 Å². The van der Waals surface area contributed by atoms with Crippen LogP contribution >= 0.6 is 0 Å². The van der Waals surface area contributed by atoms with E-state index < -0.39 is 0 Å². The van der Waals surface area contributed by atoms with Crippen LogP contribution in [-0.2, 0) is 11.3 Å². The van der Waals surface area contributed by atoms with E-state index in [-0.39, 0.29) is 0 Å². The Morgan fingerprint density at radius 2 is 2.04 bits per heavy atom. The van der Waals surface area contributed by atoms with Gasteiger partial charge in [-0.15, -0.1) is 0 Å². The fourth-order valence-corrected chi connectivity index (χ4v) is 3.67. The van der Waals surface area contributed by atoms with Gasteiger partial charge in [-0.1, -0.05) is 0 Å². The summed E-state index contributed by atoms with van der Waals surface area (Å²) < 4.78 is 1.39. The van der Waals surface area contributed by atoms with E-state index in [1.165, 1.54) is 17.5 Å². The first-order valence-corrected chi connectivity index (χ1v) is 9.52. The molecule has 0 spiro atoms. The normalized spacial score (nSPS) is 13.7. The second-order valence-electron chi connectivity index (χ2n) is 7.20. The van der Waals surface area contributed by atoms with E-state index in [1.54, 1.807) is 12.4 Å². The number of rotatable bonds is 6. The molecular formula is C21H24N6O. The van der Waals surface area contributed by atoms with Gasteiger partial charge >= 0.3 is 0 Å². The van der Waals surface area contributed by atoms with Crippen LogP contribution in [0.1, 0.15) is 24.1 Å². The van der Waals surface area contributed by atoms with Crippen LogP contribution in [0.25, 0.3) is 11.3 Å². The SMILES string of the molecule is Cc1cc(-c2cc(CN(C)c3cccnc3)n(C=O)n2)cnc1N1CCCC1. The zero-order chi connectivity index (χ0) is 19.5. The Bertz CT molecular complexity index is 962. The third kappa shape index (κ3) is 3.60. The van der Waals surface area contributed by atoms with Crippen LogP contribution in [0.4, 0.5) is 11.5 Å². The van der Waals surface area contributed by atoms with Gasteiger partial charge in [0.05, 0.1) is 29.8 Å². The predicted octanol–water partition coefficient (Wildman–Crippen LogP) is 2.92. The van der Waals surface area contributed by atoms with Crippen LogP contribution in [-0.4, -0.2) is 46.3 Å². The fourth-order valence-electron chi connectivity index (χ4n) is 3.67. The highest BCUT2D eigenvalue weighted by atomic mass is 16.1. The smallest absolute Gasteiger partial charge is 0.234 e. The quantitative estimate of drug-likeness (QED) is 0.616. The van der Waals surface area contributed by atoms with Gasteiger partial charge in [0.15, 0.2) is 0 Å². The molecule has 1 fully saturated rings. The lowest BCUT2D eigenvalue weighted by Gasteiger charge is -2.18. The summed E-state index contributed by atoms with van der Waals surface area (Å²) in [5.41, 5.74) is 4.61. The predicted molar refractivity (Wildman–Crippen MR) is 110 cm³/mol. The number of hydrogen-bond acceptors (Lipinski definition) is 6. The van der Waals surface area contributed by atoms with Crippen molar-refractivity contribution in [3.05, 3.63) is 54.1 Å². The molecule has 0 aromatic carbocycles. The lowest BCUT2D eigenvalue weighted by Crippen LogP contribution is -2.20. The van der Waals surface area contributed by atoms with Crippen LogP contribution in [0, 0.1) is 6.92 Å². The summed E-state index contributed by atoms with van der Waals surface area (Å²) in [4.78, 5) is 24.7. The third-order valence-electron chi connectivity index (χ3n) is 5.15. The van der Waals surface area contributed by atoms with Gasteiger partial charge in [-0.05, 0) is 49.6 Å². The number of aromatic nitrogens is 4. The molecule has 0 unspecified atom stereocenters. The van der Waals surface area contributed by atoms with Crippen molar-refractivity contribution in [2.45, 2.75) is 26.3 Å². The second kappa shape index (κ2) is 7.80. The Morgan fingerprint density at radius 3 is 2.71 bits per heavy atom. The Balaban J connectivity index is 1.59. The third-order valence-corrected chi connectivity index (χ3v) is 5.15. The van der Waals surface area contributed by atoms with Gasteiger partial charge in [-0.25, -0.2) is 9.67 Å². The van der Waals surface area contributed by atoms with Gasteiger partial charge in [0, 0.05) is 38.1 Å². The lowest BCUT2D eigenvalue weighted by atomic mass is 10.1. The number of carbonyl (C=O) groups excluding carboxylic acids is 1. The zero-order valence-corrected chi connectivity index (χ0v) is 16.2. The maximum absolute atomic E-state index is 11.5. The molecule has 0 N–H and O–H groups in total. The van der Waals surface area contributed by atoms with Gasteiger partial charge in [-0.2, -0.15) is 5.10 Å². The molecule has 3 aromatic rings. The van der Waals surface area contributed by atoms with Crippen molar-refractivity contribution < 1.29 is 4.79 Å². The molecule has 4 rings (SSSR count). The molecule has 1 saturated heterocycles. The van der Waals surface area contributed by atoms with E-state index in [0.717, 1.165) is 53.5 Å². The molecule has 0 bridgehead atoms. The Kier molecular flexibility index (Phi) is 5.06. The van der Waals surface area contributed by atoms with E-state index in [0.29, 0.717) is 6.54 Å². The molecule has 0 atom stereocenters. The average molecular weight is 376 g/mol. The molecular weight excluding hydrogens is 352 g/mol. The molecule has 1 aliphatic heterocycles. The van der Waals surface area contributed by atoms with Crippen molar-refractivity contribution in [1.82, 2.24) is 19.7 Å². The molecule has 7 nitrogen and oxygen atoms in total. The van der Waals surface area contributed by atoms with Crippen molar-refractivity contribution in [2.75, 3.05) is 29.9 Å². The highest BCUT2D eigenvalue weighted by molar-refractivity contribution is 5.65. The number of aryl methyl sites for hydroxylation is 1. The van der Waals surface area contributed by atoms with Gasteiger partial charge in [0.1, 0.15) is 5.82 Å². The zero-order valence-electron chi connectivity index (χ0n) is 16.2. The Morgan fingerprint density at radius 1 is 1.21 bits per heavy atom. The monoisotopic (exact) mass is 376 g/mol. The first-order chi connectivity index (χ1) is 13.7. The summed E-state index contributed by atoms with van der Waals surface area (Å²) in [5.74, 6) is 1.05. The van der Waals surface area contributed by atoms with E-state index in [4.69, 9.17) is 0 Å². The highest BCUT2D eigenvalue weighted by Crippen LogP contribution is 2.27. The largest absolute Gasteiger partial charge is 0.367 e. The van der Waals surface area contributed by atoms with Crippen LogP contribution in [0.3, 0.4) is 0 Å². The topological polar surface area (TPSA) is 67.2 Å². The standard InChI is InChI=1S/C21H24N6O/c1-16-10-17(12-23-21(16)26-8-3-4-9-26)20-11-19(27(15-28)24-20)14-25(2)18-6-5-7-22-13-18/h5-7,10-13,15H,3-4,8-9,14H2,1-2H3. The molecule has 144 valence electrons. The molecule has 4 heterocycles. The Hall–Kier alpha value is -3.22. The van der Waals surface area contributed by atoms with Crippen molar-refractivity contribution >= 4 is 17.9 Å². The van der Waals surface area contributed by atoms with E-state index in [2.05, 4.69) is 33.0 Å². The first kappa shape index (κ1) is 18.2. The molecule has 1 aliphatic rings. The summed E-state index contributed by atoms with van der Waals surface area (Å²) in [6.07, 6.45) is 8.58. The van der Waals surface area contributed by atoms with E-state index in [1.807, 2.05) is 36.3 Å². The van der Waals surface area contributed by atoms with Crippen LogP contribution in [0.5, 0.6) is 0 Å². The van der Waals surface area contributed by atoms with Gasteiger partial charge in [0.25, 0.3) is 0 Å². The molecule has 0 aliphatic carbocycles.